The molecule has 2 aromatic heterocycles. The Bertz CT molecular complexity index is 648. The third-order valence-electron chi connectivity index (χ3n) is 2.60. The number of H-pyrrole nitrogens is 2. The van der Waals surface area contributed by atoms with Gasteiger partial charge in [-0.15, -0.1) is 0 Å². The molecule has 4 nitrogen and oxygen atoms in total. The van der Waals surface area contributed by atoms with Crippen LogP contribution in [0.5, 0.6) is 0 Å². The summed E-state index contributed by atoms with van der Waals surface area (Å²) in [5.41, 5.74) is 5.17. The van der Waals surface area contributed by atoms with E-state index in [0.29, 0.717) is 0 Å². The van der Waals surface area contributed by atoms with Crippen LogP contribution in [0.1, 0.15) is 11.5 Å². The van der Waals surface area contributed by atoms with Crippen LogP contribution in [0.4, 0.5) is 0 Å². The van der Waals surface area contributed by atoms with Gasteiger partial charge in [-0.3, -0.25) is 5.10 Å². The second-order valence-corrected chi connectivity index (χ2v) is 3.99. The van der Waals surface area contributed by atoms with Crippen LogP contribution >= 0.6 is 0 Å². The molecule has 2 heterocycles. The monoisotopic (exact) mass is 212 g/mol. The number of nitrogens with zero attached hydrogens (tertiary/aromatic N) is 2. The molecule has 16 heavy (non-hydrogen) atoms. The molecule has 0 bridgehead atoms. The average molecular weight is 212 g/mol. The van der Waals surface area contributed by atoms with E-state index in [-0.39, 0.29) is 0 Å². The van der Waals surface area contributed by atoms with Crippen LogP contribution < -0.4 is 0 Å². The molecule has 0 aliphatic heterocycles. The van der Waals surface area contributed by atoms with E-state index in [1.165, 1.54) is 0 Å². The van der Waals surface area contributed by atoms with Crippen molar-refractivity contribution in [3.8, 4) is 11.3 Å². The SMILES string of the molecule is Cc1cc(-c2ccc3nc(C)[nH]c3c2)n[nH]1. The number of aryl methyl sites for hydroxylation is 2. The van der Waals surface area contributed by atoms with Crippen LogP contribution in [0.25, 0.3) is 22.3 Å². The van der Waals surface area contributed by atoms with E-state index < -0.39 is 0 Å². The minimum absolute atomic E-state index is 0.936. The molecular formula is C12H12N4. The summed E-state index contributed by atoms with van der Waals surface area (Å²) in [6, 6.07) is 8.16. The Morgan fingerprint density at radius 2 is 2.00 bits per heavy atom. The fraction of sp³-hybridized carbons (Fsp3) is 0.167. The first kappa shape index (κ1) is 9.15. The summed E-state index contributed by atoms with van der Waals surface area (Å²) >= 11 is 0. The number of hydrogen-bond donors (Lipinski definition) is 2. The minimum atomic E-state index is 0.936. The second kappa shape index (κ2) is 3.20. The maximum atomic E-state index is 4.37. The number of rotatable bonds is 1. The van der Waals surface area contributed by atoms with Crippen molar-refractivity contribution in [1.82, 2.24) is 20.2 Å². The predicted octanol–water partition coefficient (Wildman–Crippen LogP) is 2.57. The standard InChI is InChI=1S/C12H12N4/c1-7-5-11(16-15-7)9-3-4-10-12(6-9)14-8(2)13-10/h3-6H,1-2H3,(H,13,14)(H,15,16). The number of aromatic amines is 2. The Labute approximate surface area is 92.7 Å². The molecule has 80 valence electrons. The summed E-state index contributed by atoms with van der Waals surface area (Å²) in [7, 11) is 0. The Morgan fingerprint density at radius 3 is 2.75 bits per heavy atom. The highest BCUT2D eigenvalue weighted by molar-refractivity contribution is 5.81. The van der Waals surface area contributed by atoms with Crippen LogP contribution in [0.3, 0.4) is 0 Å². The molecule has 0 saturated heterocycles. The van der Waals surface area contributed by atoms with Gasteiger partial charge in [-0.25, -0.2) is 4.98 Å². The van der Waals surface area contributed by atoms with Gasteiger partial charge in [0.1, 0.15) is 5.82 Å². The molecule has 1 aromatic carbocycles. The Hall–Kier alpha value is -2.10. The fourth-order valence-corrected chi connectivity index (χ4v) is 1.86. The maximum Gasteiger partial charge on any atom is 0.104 e. The van der Waals surface area contributed by atoms with Crippen LogP contribution in [0, 0.1) is 13.8 Å². The van der Waals surface area contributed by atoms with Gasteiger partial charge in [-0.05, 0) is 32.0 Å². The van der Waals surface area contributed by atoms with Crippen LogP contribution in [0.15, 0.2) is 24.3 Å². The smallest absolute Gasteiger partial charge is 0.104 e. The maximum absolute atomic E-state index is 4.37. The number of nitrogens with one attached hydrogen (secondary N) is 2. The third-order valence-corrected chi connectivity index (χ3v) is 2.60. The zero-order valence-electron chi connectivity index (χ0n) is 9.20. The zero-order valence-corrected chi connectivity index (χ0v) is 9.20. The molecule has 0 atom stereocenters. The molecule has 0 amide bonds. The number of imidazole rings is 1. The number of hydrogen-bond acceptors (Lipinski definition) is 2. The van der Waals surface area contributed by atoms with Crippen LogP contribution in [0.2, 0.25) is 0 Å². The molecule has 0 saturated carbocycles. The second-order valence-electron chi connectivity index (χ2n) is 3.99. The van der Waals surface area contributed by atoms with Gasteiger partial charge >= 0.3 is 0 Å². The van der Waals surface area contributed by atoms with Crippen molar-refractivity contribution in [3.05, 3.63) is 35.8 Å². The Kier molecular flexibility index (Phi) is 1.83. The van der Waals surface area contributed by atoms with Gasteiger partial charge in [-0.2, -0.15) is 5.10 Å². The minimum Gasteiger partial charge on any atom is -0.342 e. The van der Waals surface area contributed by atoms with Gasteiger partial charge in [0.2, 0.25) is 0 Å². The fourth-order valence-electron chi connectivity index (χ4n) is 1.86. The Balaban J connectivity index is 2.17. The number of benzene rings is 1. The van der Waals surface area contributed by atoms with Crippen molar-refractivity contribution in [2.45, 2.75) is 13.8 Å². The molecule has 3 aromatic rings. The van der Waals surface area contributed by atoms with Crippen LogP contribution in [-0.2, 0) is 0 Å². The number of fused-ring (bicyclic) bond motifs is 1. The summed E-state index contributed by atoms with van der Waals surface area (Å²) in [6.07, 6.45) is 0. The molecule has 0 spiro atoms. The first-order chi connectivity index (χ1) is 7.72. The summed E-state index contributed by atoms with van der Waals surface area (Å²) < 4.78 is 0. The van der Waals surface area contributed by atoms with Crippen molar-refractivity contribution >= 4 is 11.0 Å². The lowest BCUT2D eigenvalue weighted by Gasteiger charge is -1.95. The van der Waals surface area contributed by atoms with E-state index in [9.17, 15) is 0 Å². The molecule has 0 fully saturated rings. The number of aromatic nitrogens is 4. The van der Waals surface area contributed by atoms with E-state index in [1.807, 2.05) is 32.0 Å². The molecule has 0 radical (unpaired) electrons. The normalized spacial score (nSPS) is 11.1. The summed E-state index contributed by atoms with van der Waals surface area (Å²) in [5.74, 6) is 0.936. The van der Waals surface area contributed by atoms with Crippen molar-refractivity contribution in [2.75, 3.05) is 0 Å². The topological polar surface area (TPSA) is 57.4 Å². The molecule has 3 rings (SSSR count). The first-order valence-electron chi connectivity index (χ1n) is 5.21. The van der Waals surface area contributed by atoms with Gasteiger partial charge in [0.05, 0.1) is 16.7 Å². The molecular weight excluding hydrogens is 200 g/mol. The molecule has 2 N–H and O–H groups in total. The van der Waals surface area contributed by atoms with Crippen molar-refractivity contribution in [3.63, 3.8) is 0 Å². The zero-order chi connectivity index (χ0) is 11.1. The summed E-state index contributed by atoms with van der Waals surface area (Å²) in [6.45, 7) is 3.95. The van der Waals surface area contributed by atoms with Gasteiger partial charge in [0.15, 0.2) is 0 Å². The molecule has 4 heteroatoms. The summed E-state index contributed by atoms with van der Waals surface area (Å²) in [4.78, 5) is 7.60. The van der Waals surface area contributed by atoms with Crippen molar-refractivity contribution < 1.29 is 0 Å². The highest BCUT2D eigenvalue weighted by atomic mass is 15.1. The van der Waals surface area contributed by atoms with E-state index in [1.54, 1.807) is 0 Å². The van der Waals surface area contributed by atoms with E-state index in [4.69, 9.17) is 0 Å². The van der Waals surface area contributed by atoms with Crippen molar-refractivity contribution in [2.24, 2.45) is 0 Å². The van der Waals surface area contributed by atoms with Crippen molar-refractivity contribution in [1.29, 1.82) is 0 Å². The molecule has 0 aliphatic rings. The largest absolute Gasteiger partial charge is 0.342 e. The highest BCUT2D eigenvalue weighted by Gasteiger charge is 2.04. The lowest BCUT2D eigenvalue weighted by atomic mass is 10.1. The van der Waals surface area contributed by atoms with E-state index in [2.05, 4.69) is 26.2 Å². The van der Waals surface area contributed by atoms with Gasteiger partial charge in [0.25, 0.3) is 0 Å². The van der Waals surface area contributed by atoms with Gasteiger partial charge < -0.3 is 4.98 Å². The summed E-state index contributed by atoms with van der Waals surface area (Å²) in [5, 5.41) is 7.18. The van der Waals surface area contributed by atoms with Gasteiger partial charge in [-0.1, -0.05) is 6.07 Å². The lowest BCUT2D eigenvalue weighted by Crippen LogP contribution is -1.78. The van der Waals surface area contributed by atoms with E-state index >= 15 is 0 Å². The van der Waals surface area contributed by atoms with Crippen LogP contribution in [-0.4, -0.2) is 20.2 Å². The average Bonchev–Trinajstić information content (AvgIpc) is 2.81. The Morgan fingerprint density at radius 1 is 1.12 bits per heavy atom. The molecule has 0 unspecified atom stereocenters. The highest BCUT2D eigenvalue weighted by Crippen LogP contribution is 2.22. The quantitative estimate of drug-likeness (QED) is 0.651. The van der Waals surface area contributed by atoms with Gasteiger partial charge in [0, 0.05) is 11.3 Å². The predicted molar refractivity (Wildman–Crippen MR) is 63.1 cm³/mol. The third kappa shape index (κ3) is 1.39. The molecule has 0 aliphatic carbocycles. The first-order valence-corrected chi connectivity index (χ1v) is 5.21. The van der Waals surface area contributed by atoms with E-state index in [0.717, 1.165) is 33.8 Å². The lowest BCUT2D eigenvalue weighted by molar-refractivity contribution is 1.05.